The van der Waals surface area contributed by atoms with Gasteiger partial charge >= 0.3 is 6.03 Å². The number of anilines is 1. The number of carbonyl (C=O) groups is 2. The molecule has 1 aromatic carbocycles. The van der Waals surface area contributed by atoms with Gasteiger partial charge in [0.2, 0.25) is 6.43 Å². The number of nitrogens with one attached hydrogen (secondary N) is 2. The van der Waals surface area contributed by atoms with Gasteiger partial charge in [0, 0.05) is 54.4 Å². The Bertz CT molecular complexity index is 1270. The second-order valence-electron chi connectivity index (χ2n) is 10.1. The number of halogens is 4. The summed E-state index contributed by atoms with van der Waals surface area (Å²) in [5.41, 5.74) is -1.15. The first-order valence-electron chi connectivity index (χ1n) is 13.1. The molecule has 3 amide bonds. The van der Waals surface area contributed by atoms with Crippen molar-refractivity contribution in [1.29, 1.82) is 0 Å². The minimum atomic E-state index is -2.44. The zero-order chi connectivity index (χ0) is 29.1. The Hall–Kier alpha value is -3.61. The van der Waals surface area contributed by atoms with Gasteiger partial charge in [-0.15, -0.1) is 0 Å². The summed E-state index contributed by atoms with van der Waals surface area (Å²) in [4.78, 5) is 40.9. The number of hydrogen-bond donors (Lipinski definition) is 3. The van der Waals surface area contributed by atoms with Crippen molar-refractivity contribution in [2.24, 2.45) is 5.92 Å². The van der Waals surface area contributed by atoms with E-state index in [1.807, 2.05) is 0 Å². The summed E-state index contributed by atoms with van der Waals surface area (Å²) < 4.78 is 62.7. The Morgan fingerprint density at radius 3 is 2.35 bits per heavy atom. The van der Waals surface area contributed by atoms with Gasteiger partial charge in [-0.1, -0.05) is 0 Å². The molecule has 1 unspecified atom stereocenters. The van der Waals surface area contributed by atoms with E-state index in [9.17, 15) is 28.3 Å². The second kappa shape index (κ2) is 12.3. The average Bonchev–Trinajstić information content (AvgIpc) is 3.14. The molecular weight excluding hydrogens is 536 g/mol. The maximum absolute atomic E-state index is 15.3. The van der Waals surface area contributed by atoms with Gasteiger partial charge in [0.15, 0.2) is 0 Å². The second-order valence-corrected chi connectivity index (χ2v) is 10.1. The van der Waals surface area contributed by atoms with Gasteiger partial charge in [-0.3, -0.25) is 9.59 Å². The molecule has 2 aliphatic rings. The third-order valence-corrected chi connectivity index (χ3v) is 7.76. The molecular formula is C27H32F4N4O5. The Morgan fingerprint density at radius 2 is 1.77 bits per heavy atom. The van der Waals surface area contributed by atoms with Crippen LogP contribution < -0.4 is 25.8 Å². The first-order chi connectivity index (χ1) is 19.1. The number of hydrogen-bond acceptors (Lipinski definition) is 5. The van der Waals surface area contributed by atoms with Crippen molar-refractivity contribution in [1.82, 2.24) is 15.2 Å². The minimum Gasteiger partial charge on any atom is -0.497 e. The summed E-state index contributed by atoms with van der Waals surface area (Å²) in [5.74, 6) is -4.81. The van der Waals surface area contributed by atoms with Gasteiger partial charge in [0.05, 0.1) is 13.7 Å². The number of amides is 3. The summed E-state index contributed by atoms with van der Waals surface area (Å²) in [7, 11) is 1.24. The lowest BCUT2D eigenvalue weighted by atomic mass is 9.86. The zero-order valence-corrected chi connectivity index (χ0v) is 22.1. The van der Waals surface area contributed by atoms with Crippen LogP contribution in [-0.4, -0.2) is 59.9 Å². The largest absolute Gasteiger partial charge is 0.497 e. The molecule has 1 aliphatic carbocycles. The first kappa shape index (κ1) is 29.4. The van der Waals surface area contributed by atoms with E-state index in [1.165, 1.54) is 36.9 Å². The number of benzene rings is 1. The van der Waals surface area contributed by atoms with Crippen molar-refractivity contribution >= 4 is 17.6 Å². The van der Waals surface area contributed by atoms with Crippen LogP contribution in [0.1, 0.15) is 44.1 Å². The van der Waals surface area contributed by atoms with Crippen LogP contribution in [0.5, 0.6) is 5.75 Å². The van der Waals surface area contributed by atoms with Crippen LogP contribution in [0, 0.1) is 17.6 Å². The predicted molar refractivity (Wildman–Crippen MR) is 138 cm³/mol. The van der Waals surface area contributed by atoms with Gasteiger partial charge in [-0.2, -0.15) is 0 Å². The van der Waals surface area contributed by atoms with Crippen LogP contribution in [0.25, 0.3) is 0 Å². The van der Waals surface area contributed by atoms with Gasteiger partial charge < -0.3 is 29.9 Å². The quantitative estimate of drug-likeness (QED) is 0.424. The maximum Gasteiger partial charge on any atom is 0.315 e. The summed E-state index contributed by atoms with van der Waals surface area (Å²) >= 11 is 0. The highest BCUT2D eigenvalue weighted by Crippen LogP contribution is 2.40. The SMILES string of the molecule is COc1cc(F)c([C@H]2C(NC(=O)NC3CCC(C(F)F)CC3)C(=O)N(c3cccn(CCO)c3=O)[C@H]2C)c(F)c1. The number of carbonyl (C=O) groups excluding carboxylic acids is 2. The molecule has 0 spiro atoms. The van der Waals surface area contributed by atoms with Crippen molar-refractivity contribution in [3.8, 4) is 5.75 Å². The van der Waals surface area contributed by atoms with Crippen LogP contribution in [-0.2, 0) is 11.3 Å². The smallest absolute Gasteiger partial charge is 0.315 e. The number of aliphatic hydroxyl groups is 1. The fraction of sp³-hybridized carbons (Fsp3) is 0.519. The molecule has 13 heteroatoms. The van der Waals surface area contributed by atoms with E-state index in [0.717, 1.165) is 17.0 Å². The van der Waals surface area contributed by atoms with Crippen LogP contribution in [0.3, 0.4) is 0 Å². The molecule has 2 heterocycles. The lowest BCUT2D eigenvalue weighted by molar-refractivity contribution is -0.118. The molecule has 0 bridgehead atoms. The van der Waals surface area contributed by atoms with Crippen molar-refractivity contribution in [2.75, 3.05) is 18.6 Å². The third kappa shape index (κ3) is 5.79. The normalized spacial score (nSPS) is 24.9. The first-order valence-corrected chi connectivity index (χ1v) is 13.1. The summed E-state index contributed by atoms with van der Waals surface area (Å²) in [6.45, 7) is 1.15. The molecule has 2 fully saturated rings. The van der Waals surface area contributed by atoms with Gasteiger partial charge in [0.25, 0.3) is 11.5 Å². The Kier molecular flexibility index (Phi) is 9.02. The average molecular weight is 569 g/mol. The van der Waals surface area contributed by atoms with Crippen molar-refractivity contribution in [2.45, 2.75) is 69.6 Å². The van der Waals surface area contributed by atoms with Crippen LogP contribution in [0.4, 0.5) is 28.0 Å². The lowest BCUT2D eigenvalue weighted by Crippen LogP contribution is -2.51. The van der Waals surface area contributed by atoms with Crippen molar-refractivity contribution < 1.29 is 37.0 Å². The number of pyridine rings is 1. The van der Waals surface area contributed by atoms with Crippen LogP contribution >= 0.6 is 0 Å². The van der Waals surface area contributed by atoms with E-state index < -0.39 is 71.1 Å². The summed E-state index contributed by atoms with van der Waals surface area (Å²) in [6.07, 6.45) is 0.100. The van der Waals surface area contributed by atoms with Gasteiger partial charge in [-0.05, 0) is 44.7 Å². The number of urea groups is 1. The standard InChI is InChI=1S/C27H32F4N4O5/c1-14-21(22-18(28)12-17(40-2)13-19(22)29)23(33-27(39)32-16-7-5-15(6-8-16)24(30)31)26(38)35(14)20-4-3-9-34(10-11-36)25(20)37/h3-4,9,12-16,21,23-24,36H,5-8,10-11H2,1-2H3,(H2,32,33,39)/t14-,15?,16?,21-,23?/m0/s1. The molecule has 218 valence electrons. The van der Waals surface area contributed by atoms with Crippen LogP contribution in [0.2, 0.25) is 0 Å². The van der Waals surface area contributed by atoms with E-state index in [-0.39, 0.29) is 37.4 Å². The van der Waals surface area contributed by atoms with E-state index in [2.05, 4.69) is 10.6 Å². The molecule has 40 heavy (non-hydrogen) atoms. The third-order valence-electron chi connectivity index (χ3n) is 7.76. The minimum absolute atomic E-state index is 0.0356. The fourth-order valence-electron chi connectivity index (χ4n) is 5.71. The van der Waals surface area contributed by atoms with E-state index in [4.69, 9.17) is 4.74 Å². The maximum atomic E-state index is 15.3. The Labute approximate surface area is 228 Å². The monoisotopic (exact) mass is 568 g/mol. The number of nitrogens with zero attached hydrogens (tertiary/aromatic N) is 2. The lowest BCUT2D eigenvalue weighted by Gasteiger charge is -2.29. The highest BCUT2D eigenvalue weighted by Gasteiger charge is 2.50. The van der Waals surface area contributed by atoms with Gasteiger partial charge in [0.1, 0.15) is 29.1 Å². The zero-order valence-electron chi connectivity index (χ0n) is 22.1. The molecule has 4 rings (SSSR count). The topological polar surface area (TPSA) is 113 Å². The molecule has 9 nitrogen and oxygen atoms in total. The molecule has 3 atom stereocenters. The molecule has 1 aliphatic heterocycles. The summed E-state index contributed by atoms with van der Waals surface area (Å²) in [5, 5.41) is 14.5. The highest BCUT2D eigenvalue weighted by atomic mass is 19.3. The Morgan fingerprint density at radius 1 is 1.12 bits per heavy atom. The van der Waals surface area contributed by atoms with E-state index in [0.29, 0.717) is 12.8 Å². The number of ether oxygens (including phenoxy) is 1. The van der Waals surface area contributed by atoms with Gasteiger partial charge in [-0.25, -0.2) is 22.4 Å². The number of methoxy groups -OCH3 is 1. The fourth-order valence-corrected chi connectivity index (χ4v) is 5.71. The van der Waals surface area contributed by atoms with Crippen LogP contribution in [0.15, 0.2) is 35.3 Å². The molecule has 1 saturated carbocycles. The number of aromatic nitrogens is 1. The molecule has 3 N–H and O–H groups in total. The molecule has 1 aromatic heterocycles. The van der Waals surface area contributed by atoms with Crippen molar-refractivity contribution in [3.05, 3.63) is 58.0 Å². The summed E-state index contributed by atoms with van der Waals surface area (Å²) in [6, 6.07) is 1.17. The number of rotatable bonds is 8. The Balaban J connectivity index is 1.67. The predicted octanol–water partition coefficient (Wildman–Crippen LogP) is 3.14. The van der Waals surface area contributed by atoms with Crippen molar-refractivity contribution in [3.63, 3.8) is 0 Å². The molecule has 2 aromatic rings. The van der Waals surface area contributed by atoms with E-state index in [1.54, 1.807) is 0 Å². The number of aliphatic hydroxyl groups excluding tert-OH is 1. The molecule has 0 radical (unpaired) electrons. The molecule has 1 saturated heterocycles. The highest BCUT2D eigenvalue weighted by molar-refractivity contribution is 6.03. The van der Waals surface area contributed by atoms with E-state index >= 15 is 8.78 Å². The number of alkyl halides is 2.